The SMILES string of the molecule is O=S(=O)(NC1CCOCC1)c1ccc2[nH]c(O)c(C(=Nc3ccc(CN4CCCC4)cc3)c3ccccc3)c2c1. The molecule has 0 amide bonds. The van der Waals surface area contributed by atoms with Crippen LogP contribution >= 0.6 is 0 Å². The lowest BCUT2D eigenvalue weighted by molar-refractivity contribution is 0.0832. The average molecular weight is 559 g/mol. The number of nitrogens with zero attached hydrogens (tertiary/aromatic N) is 2. The lowest BCUT2D eigenvalue weighted by Crippen LogP contribution is -2.38. The number of likely N-dealkylation sites (tertiary alicyclic amines) is 1. The molecule has 4 aromatic rings. The zero-order chi connectivity index (χ0) is 27.5. The number of benzene rings is 3. The van der Waals surface area contributed by atoms with E-state index < -0.39 is 10.0 Å². The van der Waals surface area contributed by atoms with Crippen molar-refractivity contribution >= 4 is 32.3 Å². The number of H-pyrrole nitrogens is 1. The van der Waals surface area contributed by atoms with Crippen LogP contribution in [0.4, 0.5) is 5.69 Å². The minimum atomic E-state index is -3.77. The van der Waals surface area contributed by atoms with Gasteiger partial charge in [-0.3, -0.25) is 4.90 Å². The summed E-state index contributed by atoms with van der Waals surface area (Å²) in [5.41, 5.74) is 4.45. The molecule has 0 aliphatic carbocycles. The molecule has 8 nitrogen and oxygen atoms in total. The van der Waals surface area contributed by atoms with Crippen LogP contribution < -0.4 is 4.72 Å². The normalized spacial score (nSPS) is 17.6. The third kappa shape index (κ3) is 5.83. The molecule has 0 unspecified atom stereocenters. The molecule has 208 valence electrons. The second-order valence-corrected chi connectivity index (χ2v) is 12.3. The van der Waals surface area contributed by atoms with Gasteiger partial charge in [-0.1, -0.05) is 42.5 Å². The maximum absolute atomic E-state index is 13.3. The van der Waals surface area contributed by atoms with Crippen LogP contribution in [0.15, 0.2) is 82.7 Å². The molecule has 3 aromatic carbocycles. The largest absolute Gasteiger partial charge is 0.494 e. The minimum Gasteiger partial charge on any atom is -0.494 e. The highest BCUT2D eigenvalue weighted by atomic mass is 32.2. The summed E-state index contributed by atoms with van der Waals surface area (Å²) < 4.78 is 34.8. The van der Waals surface area contributed by atoms with E-state index in [0.717, 1.165) is 30.9 Å². The van der Waals surface area contributed by atoms with Gasteiger partial charge in [0.05, 0.1) is 21.9 Å². The first-order chi connectivity index (χ1) is 19.5. The fraction of sp³-hybridized carbons (Fsp3) is 0.323. The Kier molecular flexibility index (Phi) is 7.71. The highest BCUT2D eigenvalue weighted by Crippen LogP contribution is 2.33. The van der Waals surface area contributed by atoms with Crippen LogP contribution in [0.2, 0.25) is 0 Å². The molecule has 0 saturated carbocycles. The highest BCUT2D eigenvalue weighted by Gasteiger charge is 2.25. The smallest absolute Gasteiger partial charge is 0.240 e. The molecule has 2 saturated heterocycles. The van der Waals surface area contributed by atoms with E-state index in [0.29, 0.717) is 48.2 Å². The summed E-state index contributed by atoms with van der Waals surface area (Å²) >= 11 is 0. The van der Waals surface area contributed by atoms with Gasteiger partial charge in [-0.2, -0.15) is 0 Å². The molecular formula is C31H34N4O4S. The lowest BCUT2D eigenvalue weighted by atomic mass is 10.0. The molecule has 2 aliphatic rings. The van der Waals surface area contributed by atoms with Crippen LogP contribution in [-0.2, 0) is 21.3 Å². The summed E-state index contributed by atoms with van der Waals surface area (Å²) in [5, 5.41) is 11.7. The van der Waals surface area contributed by atoms with Gasteiger partial charge in [-0.05, 0) is 74.7 Å². The number of aliphatic imine (C=N–C) groups is 1. The highest BCUT2D eigenvalue weighted by molar-refractivity contribution is 7.89. The molecular weight excluding hydrogens is 524 g/mol. The fourth-order valence-electron chi connectivity index (χ4n) is 5.53. The van der Waals surface area contributed by atoms with E-state index in [9.17, 15) is 13.5 Å². The Morgan fingerprint density at radius 1 is 1.00 bits per heavy atom. The van der Waals surface area contributed by atoms with E-state index in [4.69, 9.17) is 9.73 Å². The van der Waals surface area contributed by atoms with Crippen molar-refractivity contribution in [1.29, 1.82) is 0 Å². The first-order valence-corrected chi connectivity index (χ1v) is 15.4. The van der Waals surface area contributed by atoms with Gasteiger partial charge in [0.25, 0.3) is 0 Å². The summed E-state index contributed by atoms with van der Waals surface area (Å²) in [4.78, 5) is 10.6. The van der Waals surface area contributed by atoms with Gasteiger partial charge in [-0.25, -0.2) is 18.1 Å². The van der Waals surface area contributed by atoms with E-state index in [1.807, 2.05) is 42.5 Å². The Bertz CT molecular complexity index is 1600. The van der Waals surface area contributed by atoms with Crippen molar-refractivity contribution in [3.05, 3.63) is 89.5 Å². The molecule has 0 radical (unpaired) electrons. The second kappa shape index (κ2) is 11.5. The lowest BCUT2D eigenvalue weighted by Gasteiger charge is -2.23. The third-order valence-corrected chi connectivity index (χ3v) is 9.19. The number of rotatable bonds is 8. The zero-order valence-electron chi connectivity index (χ0n) is 22.3. The van der Waals surface area contributed by atoms with Crippen molar-refractivity contribution in [3.63, 3.8) is 0 Å². The Hall–Kier alpha value is -3.50. The van der Waals surface area contributed by atoms with Gasteiger partial charge in [-0.15, -0.1) is 0 Å². The van der Waals surface area contributed by atoms with E-state index in [-0.39, 0.29) is 16.8 Å². The van der Waals surface area contributed by atoms with Crippen LogP contribution in [0.1, 0.15) is 42.4 Å². The van der Waals surface area contributed by atoms with Crippen molar-refractivity contribution in [2.75, 3.05) is 26.3 Å². The standard InChI is InChI=1S/C31H34N4O4S/c36-31-29(27-20-26(12-13-28(27)33-31)40(37,38)34-25-14-18-39-19-15-25)30(23-6-2-1-3-7-23)32-24-10-8-22(9-11-24)21-35-16-4-5-17-35/h1-3,6-13,20,25,33-34,36H,4-5,14-19,21H2. The number of sulfonamides is 1. The first kappa shape index (κ1) is 26.7. The topological polar surface area (TPSA) is 107 Å². The molecule has 6 rings (SSSR count). The molecule has 1 aromatic heterocycles. The quantitative estimate of drug-likeness (QED) is 0.261. The summed E-state index contributed by atoms with van der Waals surface area (Å²) in [6.45, 7) is 4.29. The first-order valence-electron chi connectivity index (χ1n) is 13.9. The van der Waals surface area contributed by atoms with Gasteiger partial charge in [0.1, 0.15) is 0 Å². The third-order valence-electron chi connectivity index (χ3n) is 7.67. The average Bonchev–Trinajstić information content (AvgIpc) is 3.60. The summed E-state index contributed by atoms with van der Waals surface area (Å²) in [6.07, 6.45) is 3.79. The Morgan fingerprint density at radius 2 is 1.73 bits per heavy atom. The van der Waals surface area contributed by atoms with Crippen molar-refractivity contribution in [3.8, 4) is 5.88 Å². The molecule has 0 atom stereocenters. The second-order valence-electron chi connectivity index (χ2n) is 10.5. The minimum absolute atomic E-state index is 0.0600. The van der Waals surface area contributed by atoms with Gasteiger partial charge in [0, 0.05) is 42.3 Å². The summed E-state index contributed by atoms with van der Waals surface area (Å²) in [7, 11) is -3.77. The Balaban J connectivity index is 1.38. The van der Waals surface area contributed by atoms with E-state index in [1.165, 1.54) is 18.4 Å². The number of aromatic hydroxyl groups is 1. The number of hydrogen-bond donors (Lipinski definition) is 3. The molecule has 0 spiro atoms. The van der Waals surface area contributed by atoms with Crippen LogP contribution in [-0.4, -0.2) is 61.5 Å². The van der Waals surface area contributed by atoms with Crippen molar-refractivity contribution in [2.24, 2.45) is 4.99 Å². The fourth-order valence-corrected chi connectivity index (χ4v) is 6.86. The predicted molar refractivity (Wildman–Crippen MR) is 157 cm³/mol. The van der Waals surface area contributed by atoms with E-state index >= 15 is 0 Å². The number of fused-ring (bicyclic) bond motifs is 1. The predicted octanol–water partition coefficient (Wildman–Crippen LogP) is 5.10. The zero-order valence-corrected chi connectivity index (χ0v) is 23.2. The van der Waals surface area contributed by atoms with Gasteiger partial charge >= 0.3 is 0 Å². The van der Waals surface area contributed by atoms with Gasteiger partial charge in [0.15, 0.2) is 5.88 Å². The summed E-state index contributed by atoms with van der Waals surface area (Å²) in [6, 6.07) is 22.5. The van der Waals surface area contributed by atoms with E-state index in [2.05, 4.69) is 26.7 Å². The molecule has 3 N–H and O–H groups in total. The number of ether oxygens (including phenoxy) is 1. The molecule has 2 aliphatic heterocycles. The van der Waals surface area contributed by atoms with Crippen LogP contribution in [0, 0.1) is 0 Å². The number of nitrogens with one attached hydrogen (secondary N) is 2. The number of hydrogen-bond acceptors (Lipinski definition) is 6. The summed E-state index contributed by atoms with van der Waals surface area (Å²) in [5.74, 6) is -0.0600. The molecule has 3 heterocycles. The maximum atomic E-state index is 13.3. The van der Waals surface area contributed by atoms with E-state index in [1.54, 1.807) is 18.2 Å². The van der Waals surface area contributed by atoms with Crippen molar-refractivity contribution in [2.45, 2.75) is 43.2 Å². The number of aromatic amines is 1. The monoisotopic (exact) mass is 558 g/mol. The Labute approximate surface area is 234 Å². The van der Waals surface area contributed by atoms with Gasteiger partial charge < -0.3 is 14.8 Å². The van der Waals surface area contributed by atoms with Gasteiger partial charge in [0.2, 0.25) is 10.0 Å². The Morgan fingerprint density at radius 3 is 2.45 bits per heavy atom. The van der Waals surface area contributed by atoms with Crippen molar-refractivity contribution < 1.29 is 18.3 Å². The molecule has 2 fully saturated rings. The molecule has 0 bridgehead atoms. The molecule has 40 heavy (non-hydrogen) atoms. The maximum Gasteiger partial charge on any atom is 0.240 e. The van der Waals surface area contributed by atoms with Crippen molar-refractivity contribution in [1.82, 2.24) is 14.6 Å². The number of aromatic nitrogens is 1. The van der Waals surface area contributed by atoms with Crippen LogP contribution in [0.5, 0.6) is 5.88 Å². The van der Waals surface area contributed by atoms with Crippen LogP contribution in [0.3, 0.4) is 0 Å². The van der Waals surface area contributed by atoms with Crippen LogP contribution in [0.25, 0.3) is 10.9 Å². The molecule has 9 heteroatoms.